The molecule has 5 nitrogen and oxygen atoms in total. The van der Waals surface area contributed by atoms with Crippen LogP contribution in [0.25, 0.3) is 0 Å². The van der Waals surface area contributed by atoms with E-state index in [1.807, 2.05) is 7.05 Å². The second-order valence-electron chi connectivity index (χ2n) is 4.15. The molecule has 2 rings (SSSR count). The highest BCUT2D eigenvalue weighted by Gasteiger charge is 2.29. The lowest BCUT2D eigenvalue weighted by Crippen LogP contribution is -2.47. The summed E-state index contributed by atoms with van der Waals surface area (Å²) in [6.07, 6.45) is 1.48. The first-order valence-corrected chi connectivity index (χ1v) is 8.02. The van der Waals surface area contributed by atoms with Gasteiger partial charge in [-0.1, -0.05) is 11.6 Å². The summed E-state index contributed by atoms with van der Waals surface area (Å²) < 4.78 is 26.9. The number of sulfonamides is 1. The van der Waals surface area contributed by atoms with Gasteiger partial charge in [0.1, 0.15) is 10.0 Å². The Balaban J connectivity index is 2.33. The number of pyridine rings is 1. The van der Waals surface area contributed by atoms with Gasteiger partial charge in [0, 0.05) is 36.8 Å². The predicted molar refractivity (Wildman–Crippen MR) is 73.2 cm³/mol. The normalized spacial score (nSPS) is 19.1. The standard InChI is InChI=1S/C10H13BrClN3O2S/c1-14-2-4-15(5-3-14)18(16,17)9-6-8(11)7-13-10(9)12/h6-7H,2-5H2,1H3. The molecule has 0 amide bonds. The first-order chi connectivity index (χ1) is 8.41. The maximum atomic E-state index is 12.4. The number of piperazine rings is 1. The summed E-state index contributed by atoms with van der Waals surface area (Å²) in [5.74, 6) is 0. The van der Waals surface area contributed by atoms with Crippen molar-refractivity contribution in [3.63, 3.8) is 0 Å². The Morgan fingerprint density at radius 3 is 2.56 bits per heavy atom. The number of likely N-dealkylation sites (N-methyl/N-ethyl adjacent to an activating group) is 1. The number of nitrogens with zero attached hydrogens (tertiary/aromatic N) is 3. The first-order valence-electron chi connectivity index (χ1n) is 5.41. The number of hydrogen-bond donors (Lipinski definition) is 0. The van der Waals surface area contributed by atoms with Crippen molar-refractivity contribution in [3.05, 3.63) is 21.9 Å². The van der Waals surface area contributed by atoms with E-state index >= 15 is 0 Å². The Labute approximate surface area is 120 Å². The minimum atomic E-state index is -3.56. The molecule has 1 aromatic heterocycles. The van der Waals surface area contributed by atoms with Crippen LogP contribution >= 0.6 is 27.5 Å². The minimum absolute atomic E-state index is 0.0112. The van der Waals surface area contributed by atoms with Crippen molar-refractivity contribution >= 4 is 37.6 Å². The van der Waals surface area contributed by atoms with Crippen molar-refractivity contribution in [1.29, 1.82) is 0 Å². The van der Waals surface area contributed by atoms with Crippen LogP contribution in [0.5, 0.6) is 0 Å². The van der Waals surface area contributed by atoms with Crippen LogP contribution in [-0.2, 0) is 10.0 Å². The summed E-state index contributed by atoms with van der Waals surface area (Å²) in [4.78, 5) is 6.01. The quantitative estimate of drug-likeness (QED) is 0.754. The highest BCUT2D eigenvalue weighted by atomic mass is 79.9. The number of halogens is 2. The number of hydrogen-bond acceptors (Lipinski definition) is 4. The van der Waals surface area contributed by atoms with Gasteiger partial charge in [0.05, 0.1) is 0 Å². The van der Waals surface area contributed by atoms with Gasteiger partial charge >= 0.3 is 0 Å². The van der Waals surface area contributed by atoms with E-state index in [0.29, 0.717) is 17.6 Å². The molecule has 1 aliphatic rings. The van der Waals surface area contributed by atoms with Gasteiger partial charge in [0.25, 0.3) is 0 Å². The molecule has 0 spiro atoms. The van der Waals surface area contributed by atoms with Gasteiger partial charge in [0.15, 0.2) is 0 Å². The van der Waals surface area contributed by atoms with Crippen LogP contribution in [0.4, 0.5) is 0 Å². The molecule has 100 valence electrons. The zero-order chi connectivity index (χ0) is 13.3. The lowest BCUT2D eigenvalue weighted by Gasteiger charge is -2.31. The summed E-state index contributed by atoms with van der Waals surface area (Å²) >= 11 is 9.09. The minimum Gasteiger partial charge on any atom is -0.304 e. The molecule has 0 bridgehead atoms. The number of rotatable bonds is 2. The Bertz CT molecular complexity index is 544. The van der Waals surface area contributed by atoms with E-state index in [4.69, 9.17) is 11.6 Å². The fourth-order valence-electron chi connectivity index (χ4n) is 1.75. The van der Waals surface area contributed by atoms with E-state index < -0.39 is 10.0 Å². The van der Waals surface area contributed by atoms with E-state index in [9.17, 15) is 8.42 Å². The fourth-order valence-corrected chi connectivity index (χ4v) is 4.09. The van der Waals surface area contributed by atoms with E-state index in [2.05, 4.69) is 25.8 Å². The van der Waals surface area contributed by atoms with Gasteiger partial charge in [-0.25, -0.2) is 13.4 Å². The maximum absolute atomic E-state index is 12.4. The van der Waals surface area contributed by atoms with Crippen LogP contribution in [0.2, 0.25) is 5.15 Å². The summed E-state index contributed by atoms with van der Waals surface area (Å²) in [6, 6.07) is 1.49. The third-order valence-electron chi connectivity index (χ3n) is 2.85. The van der Waals surface area contributed by atoms with Crippen LogP contribution < -0.4 is 0 Å². The molecule has 2 heterocycles. The van der Waals surface area contributed by atoms with Crippen molar-refractivity contribution in [2.24, 2.45) is 0 Å². The molecule has 1 aliphatic heterocycles. The SMILES string of the molecule is CN1CCN(S(=O)(=O)c2cc(Br)cnc2Cl)CC1. The molecular weight excluding hydrogens is 342 g/mol. The summed E-state index contributed by atoms with van der Waals surface area (Å²) in [5, 5.41) is 0.0112. The molecule has 0 aliphatic carbocycles. The van der Waals surface area contributed by atoms with Crippen LogP contribution in [0.15, 0.2) is 21.6 Å². The highest BCUT2D eigenvalue weighted by molar-refractivity contribution is 9.10. The highest BCUT2D eigenvalue weighted by Crippen LogP contribution is 2.26. The van der Waals surface area contributed by atoms with E-state index in [-0.39, 0.29) is 10.0 Å². The van der Waals surface area contributed by atoms with Crippen LogP contribution in [0.3, 0.4) is 0 Å². The maximum Gasteiger partial charge on any atom is 0.246 e. The summed E-state index contributed by atoms with van der Waals surface area (Å²) in [7, 11) is -1.59. The predicted octanol–water partition coefficient (Wildman–Crippen LogP) is 1.43. The molecular formula is C10H13BrClN3O2S. The Hall–Kier alpha value is -0.210. The zero-order valence-electron chi connectivity index (χ0n) is 9.81. The van der Waals surface area contributed by atoms with Crippen LogP contribution in [0, 0.1) is 0 Å². The molecule has 0 atom stereocenters. The van der Waals surface area contributed by atoms with Crippen molar-refractivity contribution in [2.45, 2.75) is 4.90 Å². The van der Waals surface area contributed by atoms with Crippen molar-refractivity contribution in [1.82, 2.24) is 14.2 Å². The Morgan fingerprint density at radius 2 is 1.94 bits per heavy atom. The Morgan fingerprint density at radius 1 is 1.33 bits per heavy atom. The molecule has 0 radical (unpaired) electrons. The zero-order valence-corrected chi connectivity index (χ0v) is 13.0. The second-order valence-corrected chi connectivity index (χ2v) is 7.33. The summed E-state index contributed by atoms with van der Waals surface area (Å²) in [5.41, 5.74) is 0. The van der Waals surface area contributed by atoms with Crippen molar-refractivity contribution < 1.29 is 8.42 Å². The molecule has 0 aromatic carbocycles. The van der Waals surface area contributed by atoms with Crippen molar-refractivity contribution in [3.8, 4) is 0 Å². The largest absolute Gasteiger partial charge is 0.304 e. The fraction of sp³-hybridized carbons (Fsp3) is 0.500. The third-order valence-corrected chi connectivity index (χ3v) is 5.61. The van der Waals surface area contributed by atoms with Gasteiger partial charge in [-0.05, 0) is 29.0 Å². The topological polar surface area (TPSA) is 53.5 Å². The van der Waals surface area contributed by atoms with E-state index in [0.717, 1.165) is 13.1 Å². The molecule has 8 heteroatoms. The number of aromatic nitrogens is 1. The first kappa shape index (κ1) is 14.2. The average Bonchev–Trinajstić information content (AvgIpc) is 2.32. The smallest absolute Gasteiger partial charge is 0.246 e. The molecule has 0 saturated carbocycles. The molecule has 18 heavy (non-hydrogen) atoms. The van der Waals surface area contributed by atoms with Crippen LogP contribution in [-0.4, -0.2) is 55.8 Å². The van der Waals surface area contributed by atoms with Gasteiger partial charge in [-0.3, -0.25) is 0 Å². The lowest BCUT2D eigenvalue weighted by atomic mass is 10.4. The molecule has 1 saturated heterocycles. The van der Waals surface area contributed by atoms with E-state index in [1.54, 1.807) is 0 Å². The van der Waals surface area contributed by atoms with Gasteiger partial charge < -0.3 is 4.90 Å². The van der Waals surface area contributed by atoms with Crippen molar-refractivity contribution in [2.75, 3.05) is 33.2 Å². The molecule has 1 fully saturated rings. The van der Waals surface area contributed by atoms with E-state index in [1.165, 1.54) is 16.6 Å². The molecule has 1 aromatic rings. The van der Waals surface area contributed by atoms with Crippen LogP contribution in [0.1, 0.15) is 0 Å². The van der Waals surface area contributed by atoms with Gasteiger partial charge in [-0.15, -0.1) is 0 Å². The summed E-state index contributed by atoms with van der Waals surface area (Å²) in [6.45, 7) is 2.39. The third kappa shape index (κ3) is 2.85. The molecule has 0 unspecified atom stereocenters. The van der Waals surface area contributed by atoms with Gasteiger partial charge in [0.2, 0.25) is 10.0 Å². The Kier molecular flexibility index (Phi) is 4.28. The average molecular weight is 355 g/mol. The monoisotopic (exact) mass is 353 g/mol. The molecule has 0 N–H and O–H groups in total. The van der Waals surface area contributed by atoms with Gasteiger partial charge in [-0.2, -0.15) is 4.31 Å². The lowest BCUT2D eigenvalue weighted by molar-refractivity contribution is 0.222. The second kappa shape index (κ2) is 5.42.